The van der Waals surface area contributed by atoms with Gasteiger partial charge >= 0.3 is 0 Å². The van der Waals surface area contributed by atoms with Crippen LogP contribution in [0.25, 0.3) is 10.8 Å². The largest absolute Gasteiger partial charge is 0.320 e. The molecule has 2 N–H and O–H groups in total. The van der Waals surface area contributed by atoms with E-state index < -0.39 is 17.7 Å². The minimum atomic E-state index is -0.711. The lowest BCUT2D eigenvalue weighted by Gasteiger charge is -2.15. The highest BCUT2D eigenvalue weighted by Crippen LogP contribution is 2.28. The van der Waals surface area contributed by atoms with Crippen molar-refractivity contribution in [2.75, 3.05) is 0 Å². The van der Waals surface area contributed by atoms with Gasteiger partial charge in [0.1, 0.15) is 11.6 Å². The molecule has 0 bridgehead atoms. The molecule has 0 radical (unpaired) electrons. The maximum absolute atomic E-state index is 14.0. The Bertz CT molecular complexity index is 817. The van der Waals surface area contributed by atoms with E-state index in [2.05, 4.69) is 15.9 Å². The topological polar surface area (TPSA) is 26.0 Å². The van der Waals surface area contributed by atoms with E-state index in [9.17, 15) is 8.78 Å². The van der Waals surface area contributed by atoms with Gasteiger partial charge in [-0.15, -0.1) is 0 Å². The van der Waals surface area contributed by atoms with E-state index in [1.165, 1.54) is 0 Å². The summed E-state index contributed by atoms with van der Waals surface area (Å²) in [5, 5.41) is 2.10. The van der Waals surface area contributed by atoms with E-state index in [4.69, 9.17) is 5.73 Å². The highest BCUT2D eigenvalue weighted by atomic mass is 79.9. The zero-order valence-electron chi connectivity index (χ0n) is 11.0. The average Bonchev–Trinajstić information content (AvgIpc) is 2.50. The van der Waals surface area contributed by atoms with Gasteiger partial charge in [0.2, 0.25) is 0 Å². The number of hydrogen-bond donors (Lipinski definition) is 1. The van der Waals surface area contributed by atoms with Gasteiger partial charge in [-0.2, -0.15) is 0 Å². The zero-order valence-corrected chi connectivity index (χ0v) is 12.6. The highest BCUT2D eigenvalue weighted by Gasteiger charge is 2.16. The van der Waals surface area contributed by atoms with E-state index in [1.54, 1.807) is 0 Å². The SMILES string of the molecule is NC(c1ccc2ccccc2c1)c1cc(F)c(Br)cc1F. The molecule has 1 nitrogen and oxygen atoms in total. The maximum atomic E-state index is 14.0. The third kappa shape index (κ3) is 2.69. The standard InChI is InChI=1S/C17H12BrF2N/c18-14-9-15(19)13(8-16(14)20)17(21)12-6-5-10-3-1-2-4-11(10)7-12/h1-9,17H,21H2. The molecule has 0 amide bonds. The Hall–Kier alpha value is -1.78. The predicted octanol–water partition coefficient (Wildman–Crippen LogP) is 4.93. The van der Waals surface area contributed by atoms with Crippen LogP contribution in [-0.2, 0) is 0 Å². The summed E-state index contributed by atoms with van der Waals surface area (Å²) >= 11 is 2.96. The fraction of sp³-hybridized carbons (Fsp3) is 0.0588. The van der Waals surface area contributed by atoms with E-state index in [0.717, 1.165) is 28.5 Å². The molecule has 0 aliphatic carbocycles. The first-order chi connectivity index (χ1) is 10.1. The lowest BCUT2D eigenvalue weighted by atomic mass is 9.96. The predicted molar refractivity (Wildman–Crippen MR) is 84.0 cm³/mol. The molecule has 0 saturated carbocycles. The van der Waals surface area contributed by atoms with Crippen LogP contribution in [0.4, 0.5) is 8.78 Å². The minimum absolute atomic E-state index is 0.0921. The molecule has 0 heterocycles. The van der Waals surface area contributed by atoms with Crippen LogP contribution in [0.15, 0.2) is 59.1 Å². The Balaban J connectivity index is 2.07. The van der Waals surface area contributed by atoms with Gasteiger partial charge in [-0.05, 0) is 50.5 Å². The molecule has 0 aliphatic heterocycles. The molecule has 0 fully saturated rings. The van der Waals surface area contributed by atoms with E-state index in [1.807, 2.05) is 42.5 Å². The molecule has 106 valence electrons. The molecule has 0 spiro atoms. The Labute approximate surface area is 129 Å². The molecule has 3 aromatic carbocycles. The summed E-state index contributed by atoms with van der Waals surface area (Å²) in [5.74, 6) is -1.05. The second kappa shape index (κ2) is 5.54. The minimum Gasteiger partial charge on any atom is -0.320 e. The second-order valence-corrected chi connectivity index (χ2v) is 5.73. The molecule has 21 heavy (non-hydrogen) atoms. The summed E-state index contributed by atoms with van der Waals surface area (Å²) < 4.78 is 27.7. The first-order valence-electron chi connectivity index (χ1n) is 6.45. The third-order valence-electron chi connectivity index (χ3n) is 3.51. The molecule has 0 aliphatic rings. The van der Waals surface area contributed by atoms with Crippen LogP contribution in [0.3, 0.4) is 0 Å². The van der Waals surface area contributed by atoms with E-state index >= 15 is 0 Å². The maximum Gasteiger partial charge on any atom is 0.137 e. The van der Waals surface area contributed by atoms with Crippen LogP contribution in [0.1, 0.15) is 17.2 Å². The molecule has 3 rings (SSSR count). The van der Waals surface area contributed by atoms with Crippen molar-refractivity contribution in [3.8, 4) is 0 Å². The van der Waals surface area contributed by atoms with Crippen LogP contribution in [0.2, 0.25) is 0 Å². The van der Waals surface area contributed by atoms with Crippen molar-refractivity contribution < 1.29 is 8.78 Å². The first kappa shape index (κ1) is 14.2. The fourth-order valence-corrected chi connectivity index (χ4v) is 2.67. The molecule has 1 atom stereocenters. The normalized spacial score (nSPS) is 12.6. The number of halogens is 3. The molecule has 0 aromatic heterocycles. The third-order valence-corrected chi connectivity index (χ3v) is 4.12. The lowest BCUT2D eigenvalue weighted by molar-refractivity contribution is 0.572. The van der Waals surface area contributed by atoms with E-state index in [0.29, 0.717) is 0 Å². The van der Waals surface area contributed by atoms with Gasteiger partial charge in [-0.1, -0.05) is 36.4 Å². The van der Waals surface area contributed by atoms with Crippen molar-refractivity contribution in [2.45, 2.75) is 6.04 Å². The van der Waals surface area contributed by atoms with Crippen molar-refractivity contribution in [2.24, 2.45) is 5.73 Å². The van der Waals surface area contributed by atoms with Gasteiger partial charge in [0.05, 0.1) is 10.5 Å². The molecule has 4 heteroatoms. The van der Waals surface area contributed by atoms with Crippen LogP contribution >= 0.6 is 15.9 Å². The lowest BCUT2D eigenvalue weighted by Crippen LogP contribution is -2.14. The van der Waals surface area contributed by atoms with Crippen molar-refractivity contribution in [1.29, 1.82) is 0 Å². The van der Waals surface area contributed by atoms with E-state index in [-0.39, 0.29) is 10.0 Å². The van der Waals surface area contributed by atoms with Gasteiger partial charge in [-0.25, -0.2) is 8.78 Å². The molecule has 3 aromatic rings. The zero-order chi connectivity index (χ0) is 15.0. The van der Waals surface area contributed by atoms with Gasteiger partial charge in [0.15, 0.2) is 0 Å². The summed E-state index contributed by atoms with van der Waals surface area (Å²) in [6, 6.07) is 15.0. The number of hydrogen-bond acceptors (Lipinski definition) is 1. The Morgan fingerprint density at radius 1 is 0.857 bits per heavy atom. The number of nitrogens with two attached hydrogens (primary N) is 1. The van der Waals surface area contributed by atoms with Crippen LogP contribution in [0.5, 0.6) is 0 Å². The fourth-order valence-electron chi connectivity index (χ4n) is 2.36. The van der Waals surface area contributed by atoms with Crippen LogP contribution < -0.4 is 5.73 Å². The number of benzene rings is 3. The average molecular weight is 348 g/mol. The first-order valence-corrected chi connectivity index (χ1v) is 7.24. The summed E-state index contributed by atoms with van der Waals surface area (Å²) in [5.41, 5.74) is 6.99. The summed E-state index contributed by atoms with van der Waals surface area (Å²) in [7, 11) is 0. The molecular formula is C17H12BrF2N. The van der Waals surface area contributed by atoms with Crippen molar-refractivity contribution in [3.05, 3.63) is 81.8 Å². The molecular weight excluding hydrogens is 336 g/mol. The van der Waals surface area contributed by atoms with Gasteiger partial charge in [0.25, 0.3) is 0 Å². The van der Waals surface area contributed by atoms with Crippen LogP contribution in [0, 0.1) is 11.6 Å². The van der Waals surface area contributed by atoms with Gasteiger partial charge in [0, 0.05) is 5.56 Å². The smallest absolute Gasteiger partial charge is 0.137 e. The van der Waals surface area contributed by atoms with Crippen molar-refractivity contribution in [3.63, 3.8) is 0 Å². The Morgan fingerprint density at radius 3 is 2.33 bits per heavy atom. The van der Waals surface area contributed by atoms with Gasteiger partial charge in [-0.3, -0.25) is 0 Å². The second-order valence-electron chi connectivity index (χ2n) is 4.87. The summed E-state index contributed by atoms with van der Waals surface area (Å²) in [6.07, 6.45) is 0. The number of fused-ring (bicyclic) bond motifs is 1. The Morgan fingerprint density at radius 2 is 1.57 bits per heavy atom. The Kier molecular flexibility index (Phi) is 3.74. The molecule has 0 saturated heterocycles. The monoisotopic (exact) mass is 347 g/mol. The number of rotatable bonds is 2. The summed E-state index contributed by atoms with van der Waals surface area (Å²) in [6.45, 7) is 0. The quantitative estimate of drug-likeness (QED) is 0.653. The van der Waals surface area contributed by atoms with Gasteiger partial charge < -0.3 is 5.73 Å². The highest BCUT2D eigenvalue weighted by molar-refractivity contribution is 9.10. The van der Waals surface area contributed by atoms with Crippen molar-refractivity contribution in [1.82, 2.24) is 0 Å². The van der Waals surface area contributed by atoms with Crippen LogP contribution in [-0.4, -0.2) is 0 Å². The summed E-state index contributed by atoms with van der Waals surface area (Å²) in [4.78, 5) is 0. The molecule has 1 unspecified atom stereocenters. The van der Waals surface area contributed by atoms with Crippen molar-refractivity contribution >= 4 is 26.7 Å².